The van der Waals surface area contributed by atoms with E-state index in [1.807, 2.05) is 6.07 Å². The van der Waals surface area contributed by atoms with Crippen molar-refractivity contribution in [3.05, 3.63) is 93.9 Å². The van der Waals surface area contributed by atoms with Crippen LogP contribution in [0.15, 0.2) is 65.8 Å². The van der Waals surface area contributed by atoms with Crippen LogP contribution >= 0.6 is 0 Å². The number of benzene rings is 2. The summed E-state index contributed by atoms with van der Waals surface area (Å²) in [4.78, 5) is 29.3. The summed E-state index contributed by atoms with van der Waals surface area (Å²) in [7, 11) is 0. The van der Waals surface area contributed by atoms with Crippen LogP contribution in [0.25, 0.3) is 11.0 Å². The maximum atomic E-state index is 13.4. The van der Waals surface area contributed by atoms with Gasteiger partial charge < -0.3 is 5.32 Å². The Kier molecular flexibility index (Phi) is 5.53. The zero-order valence-electron chi connectivity index (χ0n) is 16.3. The molecule has 0 aliphatic heterocycles. The van der Waals surface area contributed by atoms with Crippen LogP contribution < -0.4 is 10.9 Å². The van der Waals surface area contributed by atoms with E-state index in [4.69, 9.17) is 5.26 Å². The minimum Gasteiger partial charge on any atom is -0.350 e. The Morgan fingerprint density at radius 1 is 1.19 bits per heavy atom. The lowest BCUT2D eigenvalue weighted by Gasteiger charge is -2.08. The minimum absolute atomic E-state index is 0.197. The third-order valence-corrected chi connectivity index (χ3v) is 4.73. The van der Waals surface area contributed by atoms with Crippen LogP contribution in [-0.2, 0) is 13.1 Å². The van der Waals surface area contributed by atoms with Crippen molar-refractivity contribution in [3.8, 4) is 6.07 Å². The molecule has 154 valence electrons. The third-order valence-electron chi connectivity index (χ3n) is 4.73. The number of rotatable bonds is 6. The largest absolute Gasteiger partial charge is 0.350 e. The molecule has 4 aromatic rings. The van der Waals surface area contributed by atoms with Gasteiger partial charge in [-0.2, -0.15) is 10.4 Å². The van der Waals surface area contributed by atoms with Crippen LogP contribution in [0.3, 0.4) is 0 Å². The van der Waals surface area contributed by atoms with Crippen LogP contribution in [-0.4, -0.2) is 31.8 Å². The molecule has 8 nitrogen and oxygen atoms in total. The average molecular weight is 416 g/mol. The first-order chi connectivity index (χ1) is 15.0. The number of carbonyl (C=O) groups is 1. The van der Waals surface area contributed by atoms with Crippen LogP contribution in [0.5, 0.6) is 0 Å². The molecule has 2 aromatic heterocycles. The molecule has 1 amide bonds. The van der Waals surface area contributed by atoms with E-state index in [9.17, 15) is 14.0 Å². The van der Waals surface area contributed by atoms with Gasteiger partial charge in [-0.25, -0.2) is 14.1 Å². The van der Waals surface area contributed by atoms with E-state index in [0.29, 0.717) is 34.3 Å². The molecule has 2 aromatic carbocycles. The van der Waals surface area contributed by atoms with Crippen LogP contribution in [0.4, 0.5) is 4.39 Å². The Morgan fingerprint density at radius 2 is 2.03 bits per heavy atom. The molecular formula is C22H17FN6O2. The van der Waals surface area contributed by atoms with E-state index >= 15 is 0 Å². The Bertz CT molecular complexity index is 1370. The molecule has 0 aliphatic rings. The molecular weight excluding hydrogens is 399 g/mol. The molecule has 0 unspecified atom stereocenters. The summed E-state index contributed by atoms with van der Waals surface area (Å²) >= 11 is 0. The average Bonchev–Trinajstić information content (AvgIpc) is 3.19. The molecule has 4 rings (SSSR count). The highest BCUT2D eigenvalue weighted by atomic mass is 19.1. The van der Waals surface area contributed by atoms with Crippen molar-refractivity contribution in [2.24, 2.45) is 0 Å². The van der Waals surface area contributed by atoms with Crippen molar-refractivity contribution in [1.82, 2.24) is 24.6 Å². The highest BCUT2D eigenvalue weighted by Crippen LogP contribution is 2.09. The fourth-order valence-corrected chi connectivity index (χ4v) is 3.21. The SMILES string of the molecule is N#Cc1cccc(C(=O)NCCn2ncc3c(=O)n(Cc4cccc(F)c4)cnc32)c1. The van der Waals surface area contributed by atoms with Crippen LogP contribution in [0.2, 0.25) is 0 Å². The van der Waals surface area contributed by atoms with Gasteiger partial charge in [-0.3, -0.25) is 14.2 Å². The maximum Gasteiger partial charge on any atom is 0.264 e. The summed E-state index contributed by atoms with van der Waals surface area (Å²) in [5, 5.41) is 16.2. The van der Waals surface area contributed by atoms with Crippen molar-refractivity contribution >= 4 is 16.9 Å². The molecule has 0 bridgehead atoms. The number of hydrogen-bond donors (Lipinski definition) is 1. The standard InChI is InChI=1S/C22H17FN6O2/c23-18-6-2-4-16(10-18)13-28-14-26-20-19(22(28)31)12-27-29(20)8-7-25-21(30)17-5-1-3-15(9-17)11-24/h1-6,9-10,12,14H,7-8,13H2,(H,25,30). The number of hydrogen-bond acceptors (Lipinski definition) is 5. The number of amides is 1. The smallest absolute Gasteiger partial charge is 0.264 e. The number of nitriles is 1. The predicted molar refractivity (Wildman–Crippen MR) is 111 cm³/mol. The molecule has 1 N–H and O–H groups in total. The van der Waals surface area contributed by atoms with Gasteiger partial charge in [0.25, 0.3) is 11.5 Å². The van der Waals surface area contributed by atoms with Gasteiger partial charge in [0.05, 0.1) is 30.9 Å². The topological polar surface area (TPSA) is 106 Å². The summed E-state index contributed by atoms with van der Waals surface area (Å²) in [5.74, 6) is -0.673. The van der Waals surface area contributed by atoms with Crippen molar-refractivity contribution < 1.29 is 9.18 Å². The molecule has 9 heteroatoms. The molecule has 2 heterocycles. The second-order valence-corrected chi connectivity index (χ2v) is 6.86. The summed E-state index contributed by atoms with van der Waals surface area (Å²) in [6.07, 6.45) is 2.84. The second-order valence-electron chi connectivity index (χ2n) is 6.86. The van der Waals surface area contributed by atoms with Gasteiger partial charge in [-0.15, -0.1) is 0 Å². The predicted octanol–water partition coefficient (Wildman–Crippen LogP) is 2.08. The monoisotopic (exact) mass is 416 g/mol. The van der Waals surface area contributed by atoms with E-state index in [0.717, 1.165) is 0 Å². The third kappa shape index (κ3) is 4.33. The number of carbonyl (C=O) groups excluding carboxylic acids is 1. The van der Waals surface area contributed by atoms with Gasteiger partial charge in [0, 0.05) is 12.1 Å². The van der Waals surface area contributed by atoms with E-state index in [1.165, 1.54) is 40.0 Å². The molecule has 0 atom stereocenters. The summed E-state index contributed by atoms with van der Waals surface area (Å²) < 4.78 is 16.3. The molecule has 0 saturated heterocycles. The highest BCUT2D eigenvalue weighted by molar-refractivity contribution is 5.94. The first kappa shape index (κ1) is 20.0. The fourth-order valence-electron chi connectivity index (χ4n) is 3.21. The van der Waals surface area contributed by atoms with Crippen molar-refractivity contribution in [1.29, 1.82) is 5.26 Å². The number of nitrogens with one attached hydrogen (secondary N) is 1. The first-order valence-corrected chi connectivity index (χ1v) is 9.49. The van der Waals surface area contributed by atoms with Gasteiger partial charge in [0.1, 0.15) is 17.5 Å². The maximum absolute atomic E-state index is 13.4. The molecule has 0 aliphatic carbocycles. The lowest BCUT2D eigenvalue weighted by atomic mass is 10.1. The summed E-state index contributed by atoms with van der Waals surface area (Å²) in [5.41, 5.74) is 1.57. The normalized spacial score (nSPS) is 10.7. The zero-order chi connectivity index (χ0) is 21.8. The summed E-state index contributed by atoms with van der Waals surface area (Å²) in [6, 6.07) is 14.4. The van der Waals surface area contributed by atoms with Crippen molar-refractivity contribution in [2.75, 3.05) is 6.54 Å². The Balaban J connectivity index is 1.45. The Labute approximate surface area is 176 Å². The van der Waals surface area contributed by atoms with Crippen molar-refractivity contribution in [2.45, 2.75) is 13.1 Å². The minimum atomic E-state index is -0.367. The summed E-state index contributed by atoms with van der Waals surface area (Å²) in [6.45, 7) is 0.774. The van der Waals surface area contributed by atoms with E-state index in [-0.39, 0.29) is 30.4 Å². The zero-order valence-corrected chi connectivity index (χ0v) is 16.3. The molecule has 0 fully saturated rings. The van der Waals surface area contributed by atoms with E-state index in [1.54, 1.807) is 30.3 Å². The number of fused-ring (bicyclic) bond motifs is 1. The van der Waals surface area contributed by atoms with E-state index in [2.05, 4.69) is 15.4 Å². The van der Waals surface area contributed by atoms with E-state index < -0.39 is 0 Å². The molecule has 0 spiro atoms. The van der Waals surface area contributed by atoms with Crippen LogP contribution in [0, 0.1) is 17.1 Å². The molecule has 0 saturated carbocycles. The van der Waals surface area contributed by atoms with Gasteiger partial charge in [0.2, 0.25) is 0 Å². The number of aromatic nitrogens is 4. The van der Waals surface area contributed by atoms with Crippen LogP contribution in [0.1, 0.15) is 21.5 Å². The van der Waals surface area contributed by atoms with Gasteiger partial charge in [0.15, 0.2) is 5.65 Å². The number of nitrogens with zero attached hydrogens (tertiary/aromatic N) is 5. The lowest BCUT2D eigenvalue weighted by molar-refractivity contribution is 0.0952. The fraction of sp³-hybridized carbons (Fsp3) is 0.136. The molecule has 0 radical (unpaired) electrons. The van der Waals surface area contributed by atoms with Gasteiger partial charge in [-0.1, -0.05) is 18.2 Å². The molecule has 31 heavy (non-hydrogen) atoms. The second kappa shape index (κ2) is 8.59. The Hall–Kier alpha value is -4.32. The van der Waals surface area contributed by atoms with Gasteiger partial charge in [-0.05, 0) is 35.9 Å². The van der Waals surface area contributed by atoms with Crippen molar-refractivity contribution in [3.63, 3.8) is 0 Å². The number of halogens is 1. The first-order valence-electron chi connectivity index (χ1n) is 9.49. The highest BCUT2D eigenvalue weighted by Gasteiger charge is 2.11. The van der Waals surface area contributed by atoms with Gasteiger partial charge >= 0.3 is 0 Å². The lowest BCUT2D eigenvalue weighted by Crippen LogP contribution is -2.28. The Morgan fingerprint density at radius 3 is 2.84 bits per heavy atom. The quantitative estimate of drug-likeness (QED) is 0.518.